The Hall–Kier alpha value is -4.46. The van der Waals surface area contributed by atoms with Crippen molar-refractivity contribution >= 4 is 17.4 Å². The van der Waals surface area contributed by atoms with Crippen molar-refractivity contribution in [1.82, 2.24) is 15.2 Å². The molecule has 0 aliphatic heterocycles. The third-order valence-electron chi connectivity index (χ3n) is 4.52. The Labute approximate surface area is 177 Å². The maximum atomic E-state index is 12.7. The number of H-pyrrole nitrogens is 1. The first-order valence-electron chi connectivity index (χ1n) is 9.48. The van der Waals surface area contributed by atoms with Crippen molar-refractivity contribution in [2.24, 2.45) is 0 Å². The first-order chi connectivity index (χ1) is 15.1. The second kappa shape index (κ2) is 8.91. The highest BCUT2D eigenvalue weighted by molar-refractivity contribution is 6.01. The molecule has 1 heterocycles. The number of aromatic amines is 1. The van der Waals surface area contributed by atoms with Gasteiger partial charge in [-0.05, 0) is 48.5 Å². The Balaban J connectivity index is 1.59. The average Bonchev–Trinajstić information content (AvgIpc) is 2.80. The van der Waals surface area contributed by atoms with Gasteiger partial charge in [0.1, 0.15) is 5.75 Å². The van der Waals surface area contributed by atoms with E-state index in [0.29, 0.717) is 28.3 Å². The second-order valence-electron chi connectivity index (χ2n) is 6.57. The minimum Gasteiger partial charge on any atom is -0.497 e. The van der Waals surface area contributed by atoms with Crippen LogP contribution in [0.25, 0.3) is 22.6 Å². The molecule has 31 heavy (non-hydrogen) atoms. The fraction of sp³-hybridized carbons (Fsp3) is 0.0435. The zero-order valence-corrected chi connectivity index (χ0v) is 16.6. The molecule has 3 aromatic carbocycles. The highest BCUT2D eigenvalue weighted by Gasteiger charge is 2.13. The molecule has 1 aromatic heterocycles. The van der Waals surface area contributed by atoms with Gasteiger partial charge in [0, 0.05) is 16.8 Å². The molecular weight excluding hydrogens is 394 g/mol. The standard InChI is InChI=1S/C23H19N5O3/c1-31-17-13-11-15(12-14-17)20-22(29)26-21(28-27-20)18-9-5-6-10-19(18)25-23(30)24-16-7-3-2-4-8-16/h2-14H,1H3,(H2,24,25,30)(H,26,28,29). The van der Waals surface area contributed by atoms with Crippen molar-refractivity contribution in [3.05, 3.63) is 89.2 Å². The number of nitrogens with one attached hydrogen (secondary N) is 3. The monoisotopic (exact) mass is 413 g/mol. The Morgan fingerprint density at radius 1 is 0.871 bits per heavy atom. The fourth-order valence-corrected chi connectivity index (χ4v) is 3.00. The van der Waals surface area contributed by atoms with E-state index in [0.717, 1.165) is 0 Å². The number of carbonyl (C=O) groups excluding carboxylic acids is 1. The number of benzene rings is 3. The zero-order chi connectivity index (χ0) is 21.6. The summed E-state index contributed by atoms with van der Waals surface area (Å²) in [5.41, 5.74) is 2.11. The molecule has 0 radical (unpaired) electrons. The summed E-state index contributed by atoms with van der Waals surface area (Å²) in [6.45, 7) is 0. The number of carbonyl (C=O) groups is 1. The summed E-state index contributed by atoms with van der Waals surface area (Å²) >= 11 is 0. The van der Waals surface area contributed by atoms with Gasteiger partial charge in [-0.2, -0.15) is 0 Å². The lowest BCUT2D eigenvalue weighted by Crippen LogP contribution is -2.20. The van der Waals surface area contributed by atoms with Crippen LogP contribution in [0.3, 0.4) is 0 Å². The summed E-state index contributed by atoms with van der Waals surface area (Å²) in [7, 11) is 1.57. The van der Waals surface area contributed by atoms with Gasteiger partial charge in [-0.15, -0.1) is 10.2 Å². The summed E-state index contributed by atoms with van der Waals surface area (Å²) in [4.78, 5) is 27.8. The van der Waals surface area contributed by atoms with E-state index in [1.165, 1.54) is 0 Å². The number of anilines is 2. The average molecular weight is 413 g/mol. The molecule has 8 heteroatoms. The number of aromatic nitrogens is 3. The highest BCUT2D eigenvalue weighted by atomic mass is 16.5. The van der Waals surface area contributed by atoms with E-state index >= 15 is 0 Å². The molecule has 0 saturated carbocycles. The van der Waals surface area contributed by atoms with Gasteiger partial charge in [0.05, 0.1) is 12.8 Å². The largest absolute Gasteiger partial charge is 0.497 e. The van der Waals surface area contributed by atoms with Gasteiger partial charge in [0.15, 0.2) is 11.5 Å². The van der Waals surface area contributed by atoms with Crippen LogP contribution < -0.4 is 20.9 Å². The van der Waals surface area contributed by atoms with Crippen molar-refractivity contribution in [1.29, 1.82) is 0 Å². The van der Waals surface area contributed by atoms with Crippen molar-refractivity contribution in [2.75, 3.05) is 17.7 Å². The maximum absolute atomic E-state index is 12.7. The molecule has 0 aliphatic carbocycles. The summed E-state index contributed by atoms with van der Waals surface area (Å²) in [6.07, 6.45) is 0. The smallest absolute Gasteiger partial charge is 0.323 e. The van der Waals surface area contributed by atoms with Crippen LogP contribution in [0.2, 0.25) is 0 Å². The molecule has 0 fully saturated rings. The van der Waals surface area contributed by atoms with Crippen molar-refractivity contribution in [3.8, 4) is 28.4 Å². The van der Waals surface area contributed by atoms with Crippen molar-refractivity contribution < 1.29 is 9.53 Å². The quantitative estimate of drug-likeness (QED) is 0.455. The topological polar surface area (TPSA) is 109 Å². The number of ether oxygens (including phenoxy) is 1. The van der Waals surface area contributed by atoms with Crippen molar-refractivity contribution in [2.45, 2.75) is 0 Å². The molecule has 0 aliphatic rings. The van der Waals surface area contributed by atoms with E-state index in [1.807, 2.05) is 18.2 Å². The predicted molar refractivity (Wildman–Crippen MR) is 119 cm³/mol. The molecule has 0 spiro atoms. The van der Waals surface area contributed by atoms with E-state index in [4.69, 9.17) is 4.74 Å². The molecule has 4 aromatic rings. The highest BCUT2D eigenvalue weighted by Crippen LogP contribution is 2.25. The molecule has 8 nitrogen and oxygen atoms in total. The van der Waals surface area contributed by atoms with Gasteiger partial charge in [-0.3, -0.25) is 4.79 Å². The third kappa shape index (κ3) is 4.59. The summed E-state index contributed by atoms with van der Waals surface area (Å²) < 4.78 is 5.13. The van der Waals surface area contributed by atoms with Crippen LogP contribution in [0, 0.1) is 0 Å². The van der Waals surface area contributed by atoms with E-state index in [2.05, 4.69) is 25.8 Å². The lowest BCUT2D eigenvalue weighted by atomic mass is 10.1. The summed E-state index contributed by atoms with van der Waals surface area (Å²) in [5.74, 6) is 0.927. The van der Waals surface area contributed by atoms with Gasteiger partial charge in [-0.1, -0.05) is 30.3 Å². The van der Waals surface area contributed by atoms with Crippen LogP contribution in [0.1, 0.15) is 0 Å². The number of nitrogens with zero attached hydrogens (tertiary/aromatic N) is 2. The number of hydrogen-bond acceptors (Lipinski definition) is 5. The molecule has 0 bridgehead atoms. The zero-order valence-electron chi connectivity index (χ0n) is 16.6. The first kappa shape index (κ1) is 19.8. The van der Waals surface area contributed by atoms with Gasteiger partial charge in [-0.25, -0.2) is 4.79 Å². The SMILES string of the molecule is COc1ccc(-c2nnc(-c3ccccc3NC(=O)Nc3ccccc3)[nH]c2=O)cc1. The second-order valence-corrected chi connectivity index (χ2v) is 6.57. The Kier molecular flexibility index (Phi) is 5.70. The minimum atomic E-state index is -0.413. The summed E-state index contributed by atoms with van der Waals surface area (Å²) in [5, 5.41) is 13.8. The van der Waals surface area contributed by atoms with Crippen LogP contribution in [0.5, 0.6) is 5.75 Å². The van der Waals surface area contributed by atoms with Gasteiger partial charge in [0.2, 0.25) is 0 Å². The van der Waals surface area contributed by atoms with Crippen LogP contribution >= 0.6 is 0 Å². The minimum absolute atomic E-state index is 0.193. The van der Waals surface area contributed by atoms with Crippen molar-refractivity contribution in [3.63, 3.8) is 0 Å². The van der Waals surface area contributed by atoms with Gasteiger partial charge in [0.25, 0.3) is 5.56 Å². The normalized spacial score (nSPS) is 10.4. The number of hydrogen-bond donors (Lipinski definition) is 3. The molecule has 0 saturated heterocycles. The number of para-hydroxylation sites is 2. The lowest BCUT2D eigenvalue weighted by Gasteiger charge is -2.11. The Morgan fingerprint density at radius 2 is 1.58 bits per heavy atom. The molecule has 0 unspecified atom stereocenters. The van der Waals surface area contributed by atoms with Crippen LogP contribution in [-0.2, 0) is 0 Å². The number of urea groups is 1. The van der Waals surface area contributed by atoms with Gasteiger partial charge < -0.3 is 20.4 Å². The fourth-order valence-electron chi connectivity index (χ4n) is 3.00. The predicted octanol–water partition coefficient (Wildman–Crippen LogP) is 4.15. The third-order valence-corrected chi connectivity index (χ3v) is 4.52. The molecule has 2 amide bonds. The number of rotatable bonds is 5. The molecule has 0 atom stereocenters. The summed E-state index contributed by atoms with van der Waals surface area (Å²) in [6, 6.07) is 22.7. The maximum Gasteiger partial charge on any atom is 0.323 e. The van der Waals surface area contributed by atoms with Crippen LogP contribution in [-0.4, -0.2) is 28.3 Å². The molecule has 3 N–H and O–H groups in total. The molecule has 154 valence electrons. The molecular formula is C23H19N5O3. The van der Waals surface area contributed by atoms with E-state index < -0.39 is 11.6 Å². The van der Waals surface area contributed by atoms with E-state index in [-0.39, 0.29) is 11.5 Å². The lowest BCUT2D eigenvalue weighted by molar-refractivity contribution is 0.262. The molecule has 4 rings (SSSR count). The van der Waals surface area contributed by atoms with Crippen LogP contribution in [0.15, 0.2) is 83.7 Å². The Morgan fingerprint density at radius 3 is 2.29 bits per heavy atom. The Bertz CT molecular complexity index is 1250. The van der Waals surface area contributed by atoms with E-state index in [1.54, 1.807) is 67.8 Å². The van der Waals surface area contributed by atoms with Gasteiger partial charge >= 0.3 is 6.03 Å². The number of amides is 2. The first-order valence-corrected chi connectivity index (χ1v) is 9.48. The number of methoxy groups -OCH3 is 1. The van der Waals surface area contributed by atoms with Crippen LogP contribution in [0.4, 0.5) is 16.2 Å². The van der Waals surface area contributed by atoms with E-state index in [9.17, 15) is 9.59 Å².